The van der Waals surface area contributed by atoms with Crippen LogP contribution in [0.25, 0.3) is 60.1 Å². The molecule has 0 aliphatic heterocycles. The van der Waals surface area contributed by atoms with Crippen molar-refractivity contribution in [1.82, 2.24) is 4.40 Å². The van der Waals surface area contributed by atoms with Gasteiger partial charge in [-0.2, -0.15) is 0 Å². The first-order chi connectivity index (χ1) is 18.9. The van der Waals surface area contributed by atoms with Crippen LogP contribution >= 0.6 is 0 Å². The first-order valence-corrected chi connectivity index (χ1v) is 14.5. The summed E-state index contributed by atoms with van der Waals surface area (Å²) in [6.45, 7) is 7.14. The van der Waals surface area contributed by atoms with E-state index in [-0.39, 0.29) is 0 Å². The van der Waals surface area contributed by atoms with Crippen molar-refractivity contribution in [2.75, 3.05) is 0 Å². The summed E-state index contributed by atoms with van der Waals surface area (Å²) in [5.74, 6) is 0.632. The molecule has 39 heavy (non-hydrogen) atoms. The van der Waals surface area contributed by atoms with Crippen LogP contribution in [0.2, 0.25) is 0 Å². The Hall–Kier alpha value is -3.91. The minimum atomic E-state index is 0.468. The normalized spacial score (nSPS) is 16.4. The SMILES string of the molecule is Cc1ccc2c3ccc(-c4ccccc4)cc3n3c4cc(C5CCC(C)(C)CC5)cc5cc[n+](C)c(c1c23)c54. The number of benzene rings is 4. The van der Waals surface area contributed by atoms with Crippen LogP contribution in [0.5, 0.6) is 0 Å². The lowest BCUT2D eigenvalue weighted by Crippen LogP contribution is -2.29. The van der Waals surface area contributed by atoms with Gasteiger partial charge in [0.05, 0.1) is 27.3 Å². The van der Waals surface area contributed by atoms with E-state index in [1.54, 1.807) is 0 Å². The lowest BCUT2D eigenvalue weighted by molar-refractivity contribution is -0.643. The first kappa shape index (κ1) is 23.0. The van der Waals surface area contributed by atoms with Crippen molar-refractivity contribution < 1.29 is 4.57 Å². The maximum absolute atomic E-state index is 2.60. The van der Waals surface area contributed by atoms with E-state index < -0.39 is 0 Å². The van der Waals surface area contributed by atoms with Crippen molar-refractivity contribution in [3.63, 3.8) is 0 Å². The van der Waals surface area contributed by atoms with Gasteiger partial charge in [0.1, 0.15) is 7.05 Å². The molecule has 0 N–H and O–H groups in total. The fourth-order valence-corrected chi connectivity index (χ4v) is 7.52. The maximum Gasteiger partial charge on any atom is 0.224 e. The van der Waals surface area contributed by atoms with Gasteiger partial charge in [0.2, 0.25) is 5.52 Å². The number of hydrogen-bond acceptors (Lipinski definition) is 0. The van der Waals surface area contributed by atoms with Crippen LogP contribution in [0.15, 0.2) is 85.1 Å². The topological polar surface area (TPSA) is 8.29 Å². The van der Waals surface area contributed by atoms with Crippen molar-refractivity contribution in [2.24, 2.45) is 12.5 Å². The van der Waals surface area contributed by atoms with Crippen molar-refractivity contribution in [3.05, 3.63) is 96.2 Å². The maximum atomic E-state index is 2.60. The molecule has 4 aromatic carbocycles. The quantitative estimate of drug-likeness (QED) is 0.125. The largest absolute Gasteiger partial charge is 0.307 e. The highest BCUT2D eigenvalue weighted by atomic mass is 15.0. The molecule has 0 atom stereocenters. The van der Waals surface area contributed by atoms with Gasteiger partial charge in [0.15, 0.2) is 6.20 Å². The molecule has 7 aromatic rings. The number of fused-ring (bicyclic) bond motifs is 5. The minimum absolute atomic E-state index is 0.468. The molecule has 3 aromatic heterocycles. The molecule has 1 aliphatic rings. The number of aryl methyl sites for hydroxylation is 2. The molecular weight excluding hydrogens is 472 g/mol. The Morgan fingerprint density at radius 2 is 1.54 bits per heavy atom. The van der Waals surface area contributed by atoms with Crippen LogP contribution in [0.3, 0.4) is 0 Å². The molecule has 192 valence electrons. The monoisotopic (exact) mass is 507 g/mol. The van der Waals surface area contributed by atoms with Crippen LogP contribution in [-0.2, 0) is 7.05 Å². The van der Waals surface area contributed by atoms with Crippen molar-refractivity contribution in [2.45, 2.75) is 52.4 Å². The van der Waals surface area contributed by atoms with E-state index in [0.717, 1.165) is 0 Å². The third-order valence-corrected chi connectivity index (χ3v) is 9.77. The third kappa shape index (κ3) is 3.30. The Balaban J connectivity index is 1.54. The molecule has 0 bridgehead atoms. The molecule has 1 aliphatic carbocycles. The van der Waals surface area contributed by atoms with E-state index in [1.807, 2.05) is 0 Å². The fraction of sp³-hybridized carbons (Fsp3) is 0.270. The highest BCUT2D eigenvalue weighted by Gasteiger charge is 2.29. The van der Waals surface area contributed by atoms with Gasteiger partial charge in [-0.25, -0.2) is 4.57 Å². The third-order valence-electron chi connectivity index (χ3n) is 9.77. The minimum Gasteiger partial charge on any atom is -0.307 e. The van der Waals surface area contributed by atoms with Crippen molar-refractivity contribution in [1.29, 1.82) is 0 Å². The smallest absolute Gasteiger partial charge is 0.224 e. The van der Waals surface area contributed by atoms with Gasteiger partial charge >= 0.3 is 0 Å². The molecule has 8 rings (SSSR count). The first-order valence-electron chi connectivity index (χ1n) is 14.5. The van der Waals surface area contributed by atoms with Gasteiger partial charge in [-0.15, -0.1) is 0 Å². The Morgan fingerprint density at radius 1 is 0.769 bits per heavy atom. The predicted molar refractivity (Wildman–Crippen MR) is 165 cm³/mol. The molecule has 0 unspecified atom stereocenters. The Bertz CT molecular complexity index is 2050. The van der Waals surface area contributed by atoms with Crippen LogP contribution in [0.1, 0.15) is 56.6 Å². The van der Waals surface area contributed by atoms with Crippen LogP contribution in [0, 0.1) is 12.3 Å². The highest BCUT2D eigenvalue weighted by Crippen LogP contribution is 2.46. The number of rotatable bonds is 2. The van der Waals surface area contributed by atoms with Crippen molar-refractivity contribution >= 4 is 49.0 Å². The zero-order valence-corrected chi connectivity index (χ0v) is 23.4. The molecule has 0 saturated heterocycles. The van der Waals surface area contributed by atoms with E-state index in [4.69, 9.17) is 0 Å². The van der Waals surface area contributed by atoms with E-state index in [2.05, 4.69) is 122 Å². The highest BCUT2D eigenvalue weighted by molar-refractivity contribution is 6.26. The van der Waals surface area contributed by atoms with Gasteiger partial charge in [-0.3, -0.25) is 0 Å². The molecule has 1 fully saturated rings. The zero-order chi connectivity index (χ0) is 26.5. The van der Waals surface area contributed by atoms with E-state index in [9.17, 15) is 0 Å². The summed E-state index contributed by atoms with van der Waals surface area (Å²) in [4.78, 5) is 0. The van der Waals surface area contributed by atoms with Crippen molar-refractivity contribution in [3.8, 4) is 11.1 Å². The van der Waals surface area contributed by atoms with Gasteiger partial charge in [0.25, 0.3) is 0 Å². The molecule has 0 radical (unpaired) electrons. The van der Waals surface area contributed by atoms with Gasteiger partial charge in [-0.1, -0.05) is 74.5 Å². The van der Waals surface area contributed by atoms with E-state index in [0.29, 0.717) is 11.3 Å². The second-order valence-electron chi connectivity index (χ2n) is 12.8. The predicted octanol–water partition coefficient (Wildman–Crippen LogP) is 9.47. The summed E-state index contributed by atoms with van der Waals surface area (Å²) in [6, 6.07) is 29.9. The van der Waals surface area contributed by atoms with E-state index >= 15 is 0 Å². The van der Waals surface area contributed by atoms with E-state index in [1.165, 1.54) is 96.9 Å². The Morgan fingerprint density at radius 3 is 2.33 bits per heavy atom. The summed E-state index contributed by atoms with van der Waals surface area (Å²) in [6.07, 6.45) is 7.43. The second kappa shape index (κ2) is 8.05. The molecule has 3 heterocycles. The summed E-state index contributed by atoms with van der Waals surface area (Å²) < 4.78 is 4.94. The number of aromatic nitrogens is 2. The summed E-state index contributed by atoms with van der Waals surface area (Å²) in [5.41, 5.74) is 11.2. The van der Waals surface area contributed by atoms with Gasteiger partial charge < -0.3 is 4.40 Å². The Kier molecular flexibility index (Phi) is 4.75. The van der Waals surface area contributed by atoms with Crippen LogP contribution < -0.4 is 4.57 Å². The molecule has 2 nitrogen and oxygen atoms in total. The number of nitrogens with zero attached hydrogens (tertiary/aromatic N) is 2. The standard InChI is InChI=1S/C37H35N2/c1-23-10-12-30-29-13-11-26(24-8-6-5-7-9-24)21-31(29)39-32-22-28(25-14-17-37(2,3)18-15-25)20-27-16-19-38(4)36(34(27)32)33(23)35(30)39/h5-13,16,19-22,25H,14-15,17-18H2,1-4H3/q+1. The molecule has 0 spiro atoms. The van der Waals surface area contributed by atoms with Crippen LogP contribution in [0.4, 0.5) is 0 Å². The lowest BCUT2D eigenvalue weighted by atomic mass is 9.71. The number of hydrogen-bond donors (Lipinski definition) is 0. The second-order valence-corrected chi connectivity index (χ2v) is 12.8. The summed E-state index contributed by atoms with van der Waals surface area (Å²) in [7, 11) is 2.21. The van der Waals surface area contributed by atoms with Gasteiger partial charge in [0, 0.05) is 16.8 Å². The molecule has 0 amide bonds. The molecular formula is C37H35N2+. The van der Waals surface area contributed by atoms with Gasteiger partial charge in [-0.05, 0) is 83.7 Å². The fourth-order valence-electron chi connectivity index (χ4n) is 7.52. The van der Waals surface area contributed by atoms with Crippen LogP contribution in [-0.4, -0.2) is 4.40 Å². The molecule has 2 heteroatoms. The average molecular weight is 508 g/mol. The summed E-state index contributed by atoms with van der Waals surface area (Å²) >= 11 is 0. The summed E-state index contributed by atoms with van der Waals surface area (Å²) in [5, 5.41) is 6.80. The molecule has 1 saturated carbocycles. The zero-order valence-electron chi connectivity index (χ0n) is 23.4. The number of pyridine rings is 2. The lowest BCUT2D eigenvalue weighted by Gasteiger charge is -2.34. The Labute approximate surface area is 229 Å². The average Bonchev–Trinajstić information content (AvgIpc) is 3.28.